The van der Waals surface area contributed by atoms with Crippen LogP contribution in [-0.4, -0.2) is 19.4 Å². The molecule has 0 spiro atoms. The number of sulfonamides is 1. The number of hydrogen-bond acceptors (Lipinski definition) is 5. The van der Waals surface area contributed by atoms with E-state index in [1.165, 1.54) is 18.2 Å². The first-order chi connectivity index (χ1) is 9.77. The van der Waals surface area contributed by atoms with E-state index in [0.717, 1.165) is 11.3 Å². The van der Waals surface area contributed by atoms with Crippen LogP contribution in [0.15, 0.2) is 39.0 Å². The molecule has 0 saturated carbocycles. The predicted molar refractivity (Wildman–Crippen MR) is 82.7 cm³/mol. The van der Waals surface area contributed by atoms with Gasteiger partial charge in [0.05, 0.1) is 12.1 Å². The van der Waals surface area contributed by atoms with Crippen molar-refractivity contribution in [2.45, 2.75) is 10.8 Å². The molecule has 21 heavy (non-hydrogen) atoms. The fourth-order valence-corrected chi connectivity index (χ4v) is 3.63. The number of carbonyl (C=O) groups excluding carboxylic acids is 1. The molecular weight excluding hydrogens is 380 g/mol. The van der Waals surface area contributed by atoms with Crippen molar-refractivity contribution < 1.29 is 18.3 Å². The monoisotopic (exact) mass is 390 g/mol. The van der Waals surface area contributed by atoms with Gasteiger partial charge in [0.2, 0.25) is 10.0 Å². The molecule has 112 valence electrons. The van der Waals surface area contributed by atoms with Crippen LogP contribution in [0.25, 0.3) is 0 Å². The number of primary sulfonamides is 1. The Morgan fingerprint density at radius 3 is 2.62 bits per heavy atom. The highest BCUT2D eigenvalue weighted by Crippen LogP contribution is 2.23. The van der Waals surface area contributed by atoms with Crippen molar-refractivity contribution in [3.8, 4) is 5.75 Å². The smallest absolute Gasteiger partial charge is 0.255 e. The van der Waals surface area contributed by atoms with E-state index in [2.05, 4.69) is 21.2 Å². The summed E-state index contributed by atoms with van der Waals surface area (Å²) < 4.78 is 23.0. The number of benzene rings is 1. The summed E-state index contributed by atoms with van der Waals surface area (Å²) in [6.45, 7) is 0.147. The highest BCUT2D eigenvalue weighted by Gasteiger charge is 2.14. The summed E-state index contributed by atoms with van der Waals surface area (Å²) in [6, 6.07) is 7.50. The molecule has 0 aliphatic rings. The first-order valence-electron chi connectivity index (χ1n) is 5.65. The van der Waals surface area contributed by atoms with Crippen molar-refractivity contribution in [2.75, 3.05) is 0 Å². The number of aromatic hydroxyl groups is 1. The van der Waals surface area contributed by atoms with E-state index in [1.807, 2.05) is 0 Å². The van der Waals surface area contributed by atoms with Crippen molar-refractivity contribution in [3.63, 3.8) is 0 Å². The van der Waals surface area contributed by atoms with E-state index in [9.17, 15) is 18.3 Å². The molecule has 2 aromatic rings. The van der Waals surface area contributed by atoms with Gasteiger partial charge in [-0.3, -0.25) is 4.79 Å². The molecule has 1 aromatic heterocycles. The number of phenols is 1. The van der Waals surface area contributed by atoms with Crippen LogP contribution in [0.2, 0.25) is 0 Å². The van der Waals surface area contributed by atoms with Gasteiger partial charge in [0.25, 0.3) is 5.91 Å². The quantitative estimate of drug-likeness (QED) is 0.738. The zero-order valence-electron chi connectivity index (χ0n) is 10.5. The molecule has 1 aromatic carbocycles. The lowest BCUT2D eigenvalue weighted by Gasteiger charge is -2.06. The average Bonchev–Trinajstić information content (AvgIpc) is 2.84. The summed E-state index contributed by atoms with van der Waals surface area (Å²) in [7, 11) is -3.72. The zero-order valence-corrected chi connectivity index (χ0v) is 13.8. The molecule has 9 heteroatoms. The third-order valence-corrected chi connectivity index (χ3v) is 5.56. The Balaban J connectivity index is 2.06. The van der Waals surface area contributed by atoms with Crippen molar-refractivity contribution in [2.24, 2.45) is 5.14 Å². The lowest BCUT2D eigenvalue weighted by atomic mass is 10.2. The lowest BCUT2D eigenvalue weighted by molar-refractivity contribution is 0.0948. The third-order valence-electron chi connectivity index (χ3n) is 2.54. The third kappa shape index (κ3) is 4.03. The minimum atomic E-state index is -3.72. The molecule has 1 heterocycles. The molecule has 0 unspecified atom stereocenters. The van der Waals surface area contributed by atoms with Crippen LogP contribution in [0.3, 0.4) is 0 Å². The number of carbonyl (C=O) groups is 1. The lowest BCUT2D eigenvalue weighted by Crippen LogP contribution is -2.22. The van der Waals surface area contributed by atoms with Crippen LogP contribution in [-0.2, 0) is 16.6 Å². The van der Waals surface area contributed by atoms with Gasteiger partial charge < -0.3 is 10.4 Å². The summed E-state index contributed by atoms with van der Waals surface area (Å²) in [6.07, 6.45) is 0. The van der Waals surface area contributed by atoms with Gasteiger partial charge in [0.15, 0.2) is 0 Å². The number of phenolic OH excluding ortho intramolecular Hbond substituents is 1. The second-order valence-electron chi connectivity index (χ2n) is 4.11. The van der Waals surface area contributed by atoms with Crippen LogP contribution < -0.4 is 10.5 Å². The maximum atomic E-state index is 11.9. The van der Waals surface area contributed by atoms with Crippen molar-refractivity contribution in [3.05, 3.63) is 45.2 Å². The fraction of sp³-hybridized carbons (Fsp3) is 0.0833. The molecule has 0 fully saturated rings. The van der Waals surface area contributed by atoms with Gasteiger partial charge in [0.1, 0.15) is 9.96 Å². The first kappa shape index (κ1) is 16.0. The average molecular weight is 391 g/mol. The molecule has 1 amide bonds. The molecule has 0 bridgehead atoms. The van der Waals surface area contributed by atoms with Crippen LogP contribution in [0.5, 0.6) is 5.75 Å². The highest BCUT2D eigenvalue weighted by molar-refractivity contribution is 9.10. The molecule has 0 saturated heterocycles. The van der Waals surface area contributed by atoms with Gasteiger partial charge in [-0.25, -0.2) is 13.6 Å². The van der Waals surface area contributed by atoms with Crippen LogP contribution in [0.1, 0.15) is 15.2 Å². The van der Waals surface area contributed by atoms with E-state index in [1.54, 1.807) is 12.1 Å². The molecule has 4 N–H and O–H groups in total. The second kappa shape index (κ2) is 6.14. The topological polar surface area (TPSA) is 109 Å². The number of halogens is 1. The van der Waals surface area contributed by atoms with Gasteiger partial charge >= 0.3 is 0 Å². The van der Waals surface area contributed by atoms with E-state index >= 15 is 0 Å². The van der Waals surface area contributed by atoms with Crippen LogP contribution in [0, 0.1) is 0 Å². The number of hydrogen-bond donors (Lipinski definition) is 3. The molecule has 0 aliphatic heterocycles. The van der Waals surface area contributed by atoms with Gasteiger partial charge in [-0.1, -0.05) is 15.9 Å². The summed E-state index contributed by atoms with van der Waals surface area (Å²) in [5.41, 5.74) is 0.140. The van der Waals surface area contributed by atoms with E-state index in [0.29, 0.717) is 9.35 Å². The van der Waals surface area contributed by atoms with Crippen LogP contribution in [0.4, 0.5) is 0 Å². The second-order valence-corrected chi connectivity index (χ2v) is 7.98. The Morgan fingerprint density at radius 1 is 1.33 bits per heavy atom. The van der Waals surface area contributed by atoms with E-state index in [4.69, 9.17) is 5.14 Å². The number of amides is 1. The zero-order chi connectivity index (χ0) is 15.6. The Morgan fingerprint density at radius 2 is 2.05 bits per heavy atom. The summed E-state index contributed by atoms with van der Waals surface area (Å²) in [4.78, 5) is 12.6. The standard InChI is InChI=1S/C12H11BrN2O4S2/c13-7-1-3-9(10(16)5-7)12(17)15-6-8-2-4-11(20-8)21(14,18)19/h1-5,16H,6H2,(H,15,17)(H2,14,18,19). The minimum absolute atomic E-state index is 0.0400. The molecule has 2 rings (SSSR count). The molecule has 0 atom stereocenters. The molecule has 0 radical (unpaired) electrons. The first-order valence-corrected chi connectivity index (χ1v) is 8.81. The van der Waals surface area contributed by atoms with Gasteiger partial charge in [0, 0.05) is 9.35 Å². The van der Waals surface area contributed by atoms with E-state index in [-0.39, 0.29) is 22.1 Å². The van der Waals surface area contributed by atoms with Gasteiger partial charge in [-0.05, 0) is 30.3 Å². The Hall–Kier alpha value is -1.42. The van der Waals surface area contributed by atoms with Gasteiger partial charge in [-0.15, -0.1) is 11.3 Å². The van der Waals surface area contributed by atoms with Crippen LogP contribution >= 0.6 is 27.3 Å². The SMILES string of the molecule is NS(=O)(=O)c1ccc(CNC(=O)c2ccc(Br)cc2O)s1. The minimum Gasteiger partial charge on any atom is -0.507 e. The summed E-state index contributed by atoms with van der Waals surface area (Å²) in [5.74, 6) is -0.594. The Bertz CT molecular complexity index is 786. The normalized spacial score (nSPS) is 11.3. The molecular formula is C12H11BrN2O4S2. The fourth-order valence-electron chi connectivity index (χ4n) is 1.57. The molecule has 6 nitrogen and oxygen atoms in total. The largest absolute Gasteiger partial charge is 0.507 e. The Labute approximate surface area is 133 Å². The maximum absolute atomic E-state index is 11.9. The van der Waals surface area contributed by atoms with Crippen molar-refractivity contribution >= 4 is 43.2 Å². The Kier molecular flexibility index (Phi) is 4.67. The number of nitrogens with one attached hydrogen (secondary N) is 1. The number of rotatable bonds is 4. The number of thiophene rings is 1. The van der Waals surface area contributed by atoms with Gasteiger partial charge in [-0.2, -0.15) is 0 Å². The molecule has 0 aliphatic carbocycles. The number of nitrogens with two attached hydrogens (primary N) is 1. The van der Waals surface area contributed by atoms with Crippen molar-refractivity contribution in [1.29, 1.82) is 0 Å². The predicted octanol–water partition coefficient (Wildman–Crippen LogP) is 1.79. The highest BCUT2D eigenvalue weighted by atomic mass is 79.9. The maximum Gasteiger partial charge on any atom is 0.255 e. The van der Waals surface area contributed by atoms with Crippen molar-refractivity contribution in [1.82, 2.24) is 5.32 Å². The van der Waals surface area contributed by atoms with E-state index < -0.39 is 15.9 Å². The summed E-state index contributed by atoms with van der Waals surface area (Å²) >= 11 is 4.17. The summed E-state index contributed by atoms with van der Waals surface area (Å²) in [5, 5.41) is 17.3.